The molecule has 25 heavy (non-hydrogen) atoms. The van der Waals surface area contributed by atoms with E-state index in [1.54, 1.807) is 6.20 Å². The van der Waals surface area contributed by atoms with Crippen molar-refractivity contribution >= 4 is 5.91 Å². The molecule has 3 heterocycles. The van der Waals surface area contributed by atoms with E-state index in [1.165, 1.54) is 0 Å². The van der Waals surface area contributed by atoms with Crippen LogP contribution in [0.25, 0.3) is 11.5 Å². The molecule has 0 spiro atoms. The normalized spacial score (nSPS) is 16.2. The van der Waals surface area contributed by atoms with E-state index in [4.69, 9.17) is 4.52 Å². The van der Waals surface area contributed by atoms with Gasteiger partial charge in [-0.2, -0.15) is 4.98 Å². The van der Waals surface area contributed by atoms with Crippen molar-refractivity contribution in [2.24, 2.45) is 0 Å². The molecule has 0 atom stereocenters. The van der Waals surface area contributed by atoms with Crippen LogP contribution < -0.4 is 0 Å². The molecule has 0 radical (unpaired) electrons. The summed E-state index contributed by atoms with van der Waals surface area (Å²) in [5, 5.41) is 3.93. The van der Waals surface area contributed by atoms with Gasteiger partial charge in [0.1, 0.15) is 5.69 Å². The number of aryl methyl sites for hydroxylation is 1. The fourth-order valence-electron chi connectivity index (χ4n) is 2.95. The summed E-state index contributed by atoms with van der Waals surface area (Å²) in [6, 6.07) is 5.54. The van der Waals surface area contributed by atoms with Crippen molar-refractivity contribution in [3.8, 4) is 11.5 Å². The van der Waals surface area contributed by atoms with E-state index in [2.05, 4.69) is 40.8 Å². The van der Waals surface area contributed by atoms with Gasteiger partial charge in [-0.25, -0.2) is 0 Å². The second-order valence-electron chi connectivity index (χ2n) is 7.27. The Morgan fingerprint density at radius 1 is 1.20 bits per heavy atom. The Balaban J connectivity index is 1.49. The summed E-state index contributed by atoms with van der Waals surface area (Å²) in [5.41, 5.74) is 0.822. The zero-order valence-corrected chi connectivity index (χ0v) is 15.1. The lowest BCUT2D eigenvalue weighted by molar-refractivity contribution is -0.133. The van der Waals surface area contributed by atoms with Gasteiger partial charge >= 0.3 is 0 Å². The van der Waals surface area contributed by atoms with E-state index in [0.717, 1.165) is 26.2 Å². The molecule has 2 aromatic rings. The molecule has 134 valence electrons. The molecule has 7 nitrogen and oxygen atoms in total. The van der Waals surface area contributed by atoms with Crippen molar-refractivity contribution < 1.29 is 9.32 Å². The van der Waals surface area contributed by atoms with Crippen LogP contribution in [0.15, 0.2) is 28.9 Å². The first-order valence-corrected chi connectivity index (χ1v) is 8.70. The van der Waals surface area contributed by atoms with Crippen molar-refractivity contribution in [1.29, 1.82) is 0 Å². The van der Waals surface area contributed by atoms with Gasteiger partial charge in [0.05, 0.1) is 0 Å². The average Bonchev–Trinajstić information content (AvgIpc) is 3.09. The number of nitrogens with zero attached hydrogens (tertiary/aromatic N) is 5. The second-order valence-corrected chi connectivity index (χ2v) is 7.27. The van der Waals surface area contributed by atoms with Crippen LogP contribution in [0.1, 0.15) is 33.1 Å². The summed E-state index contributed by atoms with van der Waals surface area (Å²) in [6.45, 7) is 10.0. The van der Waals surface area contributed by atoms with Crippen molar-refractivity contribution in [2.75, 3.05) is 26.2 Å². The van der Waals surface area contributed by atoms with Crippen LogP contribution in [0.4, 0.5) is 0 Å². The number of hydrogen-bond donors (Lipinski definition) is 0. The summed E-state index contributed by atoms with van der Waals surface area (Å²) in [7, 11) is 0. The molecule has 1 aliphatic heterocycles. The van der Waals surface area contributed by atoms with Gasteiger partial charge in [-0.15, -0.1) is 0 Å². The van der Waals surface area contributed by atoms with Gasteiger partial charge in [0.25, 0.3) is 0 Å². The van der Waals surface area contributed by atoms with Crippen LogP contribution in [0.5, 0.6) is 0 Å². The van der Waals surface area contributed by atoms with E-state index in [-0.39, 0.29) is 11.4 Å². The number of pyridine rings is 1. The third-order valence-electron chi connectivity index (χ3n) is 4.50. The van der Waals surface area contributed by atoms with Crippen molar-refractivity contribution in [3.63, 3.8) is 0 Å². The summed E-state index contributed by atoms with van der Waals surface area (Å²) in [5.74, 6) is 1.08. The third kappa shape index (κ3) is 4.42. The number of amides is 1. The highest BCUT2D eigenvalue weighted by Gasteiger charge is 2.27. The number of rotatable bonds is 4. The van der Waals surface area contributed by atoms with Crippen molar-refractivity contribution in [2.45, 2.75) is 39.2 Å². The van der Waals surface area contributed by atoms with Crippen LogP contribution in [-0.4, -0.2) is 62.5 Å². The number of aromatic nitrogens is 3. The van der Waals surface area contributed by atoms with E-state index in [1.807, 2.05) is 23.1 Å². The minimum absolute atomic E-state index is 0.145. The maximum atomic E-state index is 12.4. The molecule has 1 amide bonds. The summed E-state index contributed by atoms with van der Waals surface area (Å²) < 4.78 is 5.24. The average molecular weight is 343 g/mol. The molecule has 0 aliphatic carbocycles. The van der Waals surface area contributed by atoms with Gasteiger partial charge in [0, 0.05) is 50.8 Å². The van der Waals surface area contributed by atoms with Gasteiger partial charge < -0.3 is 9.42 Å². The molecule has 1 aliphatic rings. The number of carbonyl (C=O) groups excluding carboxylic acids is 1. The third-order valence-corrected chi connectivity index (χ3v) is 4.50. The lowest BCUT2D eigenvalue weighted by atomic mass is 10.0. The largest absolute Gasteiger partial charge is 0.340 e. The fourth-order valence-corrected chi connectivity index (χ4v) is 2.95. The van der Waals surface area contributed by atoms with Gasteiger partial charge in [-0.1, -0.05) is 11.2 Å². The molecular weight excluding hydrogens is 318 g/mol. The topological polar surface area (TPSA) is 75.4 Å². The van der Waals surface area contributed by atoms with E-state index >= 15 is 0 Å². The highest BCUT2D eigenvalue weighted by Crippen LogP contribution is 2.17. The molecule has 0 N–H and O–H groups in total. The fraction of sp³-hybridized carbons (Fsp3) is 0.556. The molecule has 7 heteroatoms. The molecule has 0 bridgehead atoms. The SMILES string of the molecule is CC(C)(C)N1CCN(C(=O)CCc2nc(-c3ccccn3)no2)CC1. The number of piperazine rings is 1. The summed E-state index contributed by atoms with van der Waals surface area (Å²) >= 11 is 0. The Morgan fingerprint density at radius 3 is 2.60 bits per heavy atom. The summed E-state index contributed by atoms with van der Waals surface area (Å²) in [4.78, 5) is 25.3. The molecule has 1 fully saturated rings. The molecular formula is C18H25N5O2. The van der Waals surface area contributed by atoms with Crippen molar-refractivity contribution in [1.82, 2.24) is 24.9 Å². The van der Waals surface area contributed by atoms with Gasteiger partial charge in [0.2, 0.25) is 17.6 Å². The first-order chi connectivity index (χ1) is 11.9. The Bertz CT molecular complexity index is 700. The van der Waals surface area contributed by atoms with Crippen molar-refractivity contribution in [3.05, 3.63) is 30.3 Å². The Kier molecular flexibility index (Phi) is 5.13. The number of hydrogen-bond acceptors (Lipinski definition) is 6. The highest BCUT2D eigenvalue weighted by atomic mass is 16.5. The van der Waals surface area contributed by atoms with E-state index in [9.17, 15) is 4.79 Å². The second kappa shape index (κ2) is 7.31. The van der Waals surface area contributed by atoms with E-state index in [0.29, 0.717) is 30.3 Å². The lowest BCUT2D eigenvalue weighted by Gasteiger charge is -2.42. The molecule has 3 rings (SSSR count). The zero-order valence-electron chi connectivity index (χ0n) is 15.1. The van der Waals surface area contributed by atoms with Crippen LogP contribution in [0.3, 0.4) is 0 Å². The van der Waals surface area contributed by atoms with Gasteiger partial charge in [-0.3, -0.25) is 14.7 Å². The first-order valence-electron chi connectivity index (χ1n) is 8.70. The van der Waals surface area contributed by atoms with Gasteiger partial charge in [0.15, 0.2) is 0 Å². The summed E-state index contributed by atoms with van der Waals surface area (Å²) in [6.07, 6.45) is 2.53. The minimum Gasteiger partial charge on any atom is -0.340 e. The number of carbonyl (C=O) groups is 1. The maximum absolute atomic E-state index is 12.4. The standard InChI is InChI=1S/C18H25N5O2/c1-18(2,3)23-12-10-22(11-13-23)16(24)8-7-15-20-17(21-25-15)14-6-4-5-9-19-14/h4-6,9H,7-8,10-13H2,1-3H3. The predicted octanol–water partition coefficient (Wildman–Crippen LogP) is 2.01. The van der Waals surface area contributed by atoms with E-state index < -0.39 is 0 Å². The smallest absolute Gasteiger partial charge is 0.227 e. The maximum Gasteiger partial charge on any atom is 0.227 e. The quantitative estimate of drug-likeness (QED) is 0.845. The van der Waals surface area contributed by atoms with Crippen LogP contribution >= 0.6 is 0 Å². The van der Waals surface area contributed by atoms with Gasteiger partial charge in [-0.05, 0) is 32.9 Å². The zero-order chi connectivity index (χ0) is 17.9. The molecule has 1 saturated heterocycles. The van der Waals surface area contributed by atoms with Crippen LogP contribution in [0.2, 0.25) is 0 Å². The Hall–Kier alpha value is -2.28. The Labute approximate surface area is 148 Å². The Morgan fingerprint density at radius 2 is 1.96 bits per heavy atom. The first kappa shape index (κ1) is 17.5. The monoisotopic (exact) mass is 343 g/mol. The molecule has 0 aromatic carbocycles. The highest BCUT2D eigenvalue weighted by molar-refractivity contribution is 5.76. The predicted molar refractivity (Wildman–Crippen MR) is 93.8 cm³/mol. The molecule has 0 unspecified atom stereocenters. The van der Waals surface area contributed by atoms with Crippen LogP contribution in [-0.2, 0) is 11.2 Å². The van der Waals surface area contributed by atoms with Crippen LogP contribution in [0, 0.1) is 0 Å². The molecule has 2 aromatic heterocycles. The minimum atomic E-state index is 0.145. The molecule has 0 saturated carbocycles. The lowest BCUT2D eigenvalue weighted by Crippen LogP contribution is -2.54.